The lowest BCUT2D eigenvalue weighted by molar-refractivity contribution is -0.130. The topological polar surface area (TPSA) is 53.1 Å². The summed E-state index contributed by atoms with van der Waals surface area (Å²) in [6, 6.07) is 9.20. The molecule has 2 amide bonds. The molecule has 3 rings (SSSR count). The Bertz CT molecular complexity index is 577. The van der Waals surface area contributed by atoms with Crippen LogP contribution in [-0.2, 0) is 4.79 Å². The van der Waals surface area contributed by atoms with E-state index in [0.29, 0.717) is 24.8 Å². The number of carbonyl (C=O) groups is 2. The lowest BCUT2D eigenvalue weighted by Crippen LogP contribution is -2.51. The van der Waals surface area contributed by atoms with Crippen molar-refractivity contribution in [2.75, 3.05) is 45.8 Å². The molecule has 0 aliphatic carbocycles. The van der Waals surface area contributed by atoms with Crippen molar-refractivity contribution in [3.63, 3.8) is 0 Å². The summed E-state index contributed by atoms with van der Waals surface area (Å²) < 4.78 is 5.40. The van der Waals surface area contributed by atoms with Crippen LogP contribution >= 0.6 is 0 Å². The highest BCUT2D eigenvalue weighted by molar-refractivity contribution is 5.73. The van der Waals surface area contributed by atoms with Gasteiger partial charge in [0.2, 0.25) is 5.91 Å². The number of hydrogen-bond donors (Lipinski definition) is 0. The molecule has 2 heterocycles. The van der Waals surface area contributed by atoms with E-state index in [9.17, 15) is 9.59 Å². The highest BCUT2D eigenvalue weighted by Gasteiger charge is 2.26. The monoisotopic (exact) mass is 345 g/mol. The Balaban J connectivity index is 1.39. The highest BCUT2D eigenvalue weighted by atomic mass is 16.6. The van der Waals surface area contributed by atoms with E-state index in [1.54, 1.807) is 24.0 Å². The Kier molecular flexibility index (Phi) is 5.91. The van der Waals surface area contributed by atoms with Crippen molar-refractivity contribution >= 4 is 12.0 Å². The molecule has 2 aliphatic rings. The van der Waals surface area contributed by atoms with E-state index in [2.05, 4.69) is 4.90 Å². The van der Waals surface area contributed by atoms with E-state index < -0.39 is 0 Å². The molecule has 136 valence electrons. The van der Waals surface area contributed by atoms with Crippen LogP contribution in [0.5, 0.6) is 5.75 Å². The molecule has 0 aromatic heterocycles. The van der Waals surface area contributed by atoms with Crippen LogP contribution in [0.4, 0.5) is 4.79 Å². The predicted octanol–water partition coefficient (Wildman–Crippen LogP) is 2.06. The van der Waals surface area contributed by atoms with Crippen molar-refractivity contribution in [3.05, 3.63) is 30.3 Å². The molecule has 0 unspecified atom stereocenters. The van der Waals surface area contributed by atoms with Gasteiger partial charge in [0.1, 0.15) is 5.75 Å². The van der Waals surface area contributed by atoms with Crippen LogP contribution in [-0.4, -0.2) is 72.5 Å². The van der Waals surface area contributed by atoms with E-state index >= 15 is 0 Å². The minimum Gasteiger partial charge on any atom is -0.410 e. The number of piperidine rings is 1. The number of para-hydroxylation sites is 1. The number of carbonyl (C=O) groups excluding carboxylic acids is 2. The summed E-state index contributed by atoms with van der Waals surface area (Å²) in [4.78, 5) is 29.8. The van der Waals surface area contributed by atoms with Crippen molar-refractivity contribution in [3.8, 4) is 5.75 Å². The van der Waals surface area contributed by atoms with Gasteiger partial charge in [0.15, 0.2) is 0 Å². The Morgan fingerprint density at radius 1 is 0.960 bits per heavy atom. The minimum atomic E-state index is -0.263. The van der Waals surface area contributed by atoms with Gasteiger partial charge < -0.3 is 14.5 Å². The second-order valence-electron chi connectivity index (χ2n) is 6.92. The summed E-state index contributed by atoms with van der Waals surface area (Å²) in [5, 5.41) is 0. The quantitative estimate of drug-likeness (QED) is 0.841. The molecule has 0 saturated carbocycles. The van der Waals surface area contributed by atoms with E-state index in [0.717, 1.165) is 45.6 Å². The van der Waals surface area contributed by atoms with Crippen LogP contribution in [0.3, 0.4) is 0 Å². The van der Waals surface area contributed by atoms with E-state index in [1.165, 1.54) is 0 Å². The average Bonchev–Trinajstić information content (AvgIpc) is 2.63. The lowest BCUT2D eigenvalue weighted by atomic mass is 9.96. The molecule has 25 heavy (non-hydrogen) atoms. The molecule has 2 fully saturated rings. The third-order valence-corrected chi connectivity index (χ3v) is 5.16. The molecule has 0 spiro atoms. The highest BCUT2D eigenvalue weighted by Crippen LogP contribution is 2.19. The molecule has 0 radical (unpaired) electrons. The number of likely N-dealkylation sites (tertiary alicyclic amines) is 1. The van der Waals surface area contributed by atoms with Crippen LogP contribution < -0.4 is 4.74 Å². The first kappa shape index (κ1) is 17.7. The lowest BCUT2D eigenvalue weighted by Gasteiger charge is -2.38. The molecule has 6 nitrogen and oxygen atoms in total. The molecule has 0 N–H and O–H groups in total. The molecule has 0 atom stereocenters. The van der Waals surface area contributed by atoms with Gasteiger partial charge in [-0.15, -0.1) is 0 Å². The van der Waals surface area contributed by atoms with Gasteiger partial charge in [-0.05, 0) is 30.9 Å². The number of benzene rings is 1. The van der Waals surface area contributed by atoms with Crippen LogP contribution in [0, 0.1) is 5.92 Å². The maximum atomic E-state index is 12.2. The van der Waals surface area contributed by atoms with Gasteiger partial charge in [-0.2, -0.15) is 0 Å². The van der Waals surface area contributed by atoms with Crippen molar-refractivity contribution in [2.24, 2.45) is 5.92 Å². The first-order valence-corrected chi connectivity index (χ1v) is 9.11. The van der Waals surface area contributed by atoms with E-state index in [1.807, 2.05) is 23.1 Å². The summed E-state index contributed by atoms with van der Waals surface area (Å²) in [7, 11) is 0. The van der Waals surface area contributed by atoms with E-state index in [4.69, 9.17) is 4.74 Å². The molecule has 2 saturated heterocycles. The number of nitrogens with zero attached hydrogens (tertiary/aromatic N) is 3. The number of amides is 2. The summed E-state index contributed by atoms with van der Waals surface area (Å²) in [6.45, 7) is 7.65. The maximum Gasteiger partial charge on any atom is 0.415 e. The molecule has 0 bridgehead atoms. The zero-order valence-corrected chi connectivity index (χ0v) is 14.9. The molecule has 2 aliphatic heterocycles. The molecular weight excluding hydrogens is 318 g/mol. The average molecular weight is 345 g/mol. The van der Waals surface area contributed by atoms with Crippen LogP contribution in [0.15, 0.2) is 30.3 Å². The Hall–Kier alpha value is -2.08. The fraction of sp³-hybridized carbons (Fsp3) is 0.579. The van der Waals surface area contributed by atoms with Crippen molar-refractivity contribution < 1.29 is 14.3 Å². The number of ether oxygens (including phenoxy) is 1. The Morgan fingerprint density at radius 3 is 2.20 bits per heavy atom. The van der Waals surface area contributed by atoms with Gasteiger partial charge in [0.05, 0.1) is 0 Å². The second kappa shape index (κ2) is 8.34. The molecule has 1 aromatic rings. The molecular formula is C19H27N3O3. The van der Waals surface area contributed by atoms with E-state index in [-0.39, 0.29) is 12.0 Å². The van der Waals surface area contributed by atoms with Crippen LogP contribution in [0.2, 0.25) is 0 Å². The molecule has 6 heteroatoms. The maximum absolute atomic E-state index is 12.2. The predicted molar refractivity (Wildman–Crippen MR) is 95.5 cm³/mol. The third kappa shape index (κ3) is 4.95. The smallest absolute Gasteiger partial charge is 0.410 e. The first-order chi connectivity index (χ1) is 12.1. The Morgan fingerprint density at radius 2 is 1.60 bits per heavy atom. The fourth-order valence-corrected chi connectivity index (χ4v) is 3.56. The number of hydrogen-bond acceptors (Lipinski definition) is 4. The zero-order valence-electron chi connectivity index (χ0n) is 14.9. The molecule has 1 aromatic carbocycles. The van der Waals surface area contributed by atoms with Gasteiger partial charge in [-0.25, -0.2) is 4.79 Å². The van der Waals surface area contributed by atoms with Gasteiger partial charge in [-0.3, -0.25) is 9.69 Å². The standard InChI is InChI=1S/C19H27N3O3/c1-16(23)21-9-7-17(8-10-21)15-20-11-13-22(14-12-20)19(24)25-18-5-3-2-4-6-18/h2-6,17H,7-15H2,1H3. The van der Waals surface area contributed by atoms with Gasteiger partial charge in [0, 0.05) is 52.7 Å². The SMILES string of the molecule is CC(=O)N1CCC(CN2CCN(C(=O)Oc3ccccc3)CC2)CC1. The van der Waals surface area contributed by atoms with Crippen molar-refractivity contribution in [2.45, 2.75) is 19.8 Å². The first-order valence-electron chi connectivity index (χ1n) is 9.11. The van der Waals surface area contributed by atoms with Crippen molar-refractivity contribution in [1.29, 1.82) is 0 Å². The van der Waals surface area contributed by atoms with Crippen LogP contribution in [0.25, 0.3) is 0 Å². The summed E-state index contributed by atoms with van der Waals surface area (Å²) in [5.74, 6) is 1.43. The number of rotatable bonds is 3. The number of piperazine rings is 1. The van der Waals surface area contributed by atoms with Gasteiger partial charge >= 0.3 is 6.09 Å². The normalized spacial score (nSPS) is 19.7. The summed E-state index contributed by atoms with van der Waals surface area (Å²) in [6.07, 6.45) is 1.90. The zero-order chi connectivity index (χ0) is 17.6. The summed E-state index contributed by atoms with van der Waals surface area (Å²) in [5.41, 5.74) is 0. The fourth-order valence-electron chi connectivity index (χ4n) is 3.56. The largest absolute Gasteiger partial charge is 0.415 e. The van der Waals surface area contributed by atoms with Gasteiger partial charge in [-0.1, -0.05) is 18.2 Å². The second-order valence-corrected chi connectivity index (χ2v) is 6.92. The third-order valence-electron chi connectivity index (χ3n) is 5.16. The van der Waals surface area contributed by atoms with Gasteiger partial charge in [0.25, 0.3) is 0 Å². The summed E-state index contributed by atoms with van der Waals surface area (Å²) >= 11 is 0. The van der Waals surface area contributed by atoms with Crippen LogP contribution in [0.1, 0.15) is 19.8 Å². The van der Waals surface area contributed by atoms with Crippen molar-refractivity contribution in [1.82, 2.24) is 14.7 Å². The minimum absolute atomic E-state index is 0.184. The Labute approximate surface area is 149 Å².